The molecule has 0 atom stereocenters. The summed E-state index contributed by atoms with van der Waals surface area (Å²) in [5.74, 6) is 0. The van der Waals surface area contributed by atoms with E-state index in [1.165, 1.54) is 27.7 Å². The van der Waals surface area contributed by atoms with Gasteiger partial charge >= 0.3 is 13.3 Å². The zero-order chi connectivity index (χ0) is 15.1. The predicted octanol–water partition coefficient (Wildman–Crippen LogP) is 0.682. The second kappa shape index (κ2) is 4.80. The molecule has 0 aliphatic carbocycles. The first-order chi connectivity index (χ1) is 8.36. The largest absolute Gasteiger partial charge is 0.495 e. The van der Waals surface area contributed by atoms with Gasteiger partial charge in [-0.1, -0.05) is 0 Å². The van der Waals surface area contributed by atoms with E-state index in [1.54, 1.807) is 0 Å². The normalized spacial score (nSPS) is 13.7. The highest BCUT2D eigenvalue weighted by Gasteiger charge is 2.44. The highest BCUT2D eigenvalue weighted by molar-refractivity contribution is 6.60. The van der Waals surface area contributed by atoms with Crippen molar-refractivity contribution in [1.82, 2.24) is 10.2 Å². The van der Waals surface area contributed by atoms with E-state index in [4.69, 9.17) is 4.65 Å². The van der Waals surface area contributed by atoms with Gasteiger partial charge in [-0.25, -0.2) is 0 Å². The number of halogens is 3. The Morgan fingerprint density at radius 3 is 2.21 bits per heavy atom. The molecule has 0 aliphatic heterocycles. The van der Waals surface area contributed by atoms with Crippen LogP contribution in [-0.2, 0) is 10.8 Å². The van der Waals surface area contributed by atoms with E-state index in [1.807, 2.05) is 5.10 Å². The average molecular weight is 280 g/mol. The third-order valence-corrected chi connectivity index (χ3v) is 3.08. The molecule has 0 unspecified atom stereocenters. The van der Waals surface area contributed by atoms with E-state index in [0.29, 0.717) is 0 Å². The van der Waals surface area contributed by atoms with Gasteiger partial charge < -0.3 is 14.8 Å². The van der Waals surface area contributed by atoms with Crippen LogP contribution < -0.4 is 5.46 Å². The van der Waals surface area contributed by atoms with Crippen molar-refractivity contribution >= 4 is 12.6 Å². The second-order valence-electron chi connectivity index (χ2n) is 5.23. The molecular formula is C10H16BF3N2O3. The molecule has 0 aliphatic rings. The van der Waals surface area contributed by atoms with Crippen LogP contribution in [0.5, 0.6) is 0 Å². The molecule has 0 spiro atoms. The smallest absolute Gasteiger partial charge is 0.423 e. The molecule has 0 saturated carbocycles. The van der Waals surface area contributed by atoms with Crippen LogP contribution in [-0.4, -0.2) is 38.6 Å². The average Bonchev–Trinajstić information content (AvgIpc) is 2.61. The minimum Gasteiger partial charge on any atom is -0.423 e. The molecule has 0 amide bonds. The van der Waals surface area contributed by atoms with Gasteiger partial charge in [0.05, 0.1) is 11.2 Å². The van der Waals surface area contributed by atoms with Gasteiger partial charge in [0.15, 0.2) is 5.69 Å². The number of aliphatic hydroxyl groups is 1. The van der Waals surface area contributed by atoms with Crippen molar-refractivity contribution in [2.45, 2.75) is 45.1 Å². The van der Waals surface area contributed by atoms with Gasteiger partial charge in [0.25, 0.3) is 0 Å². The standard InChI is InChI=1S/C10H16BF3N2O3/c1-8(2,17)9(3,4)19-11(18)6-5-15-16-7(6)10(12,13)14/h5,17-18H,1-4H3,(H,15,16). The van der Waals surface area contributed by atoms with Crippen molar-refractivity contribution in [1.29, 1.82) is 0 Å². The third kappa shape index (κ3) is 3.49. The van der Waals surface area contributed by atoms with Gasteiger partial charge in [0.2, 0.25) is 0 Å². The summed E-state index contributed by atoms with van der Waals surface area (Å²) in [5.41, 5.74) is -4.38. The van der Waals surface area contributed by atoms with Crippen LogP contribution in [0.4, 0.5) is 13.2 Å². The van der Waals surface area contributed by atoms with E-state index < -0.39 is 35.7 Å². The lowest BCUT2D eigenvalue weighted by Crippen LogP contribution is -2.53. The molecule has 5 nitrogen and oxygen atoms in total. The molecule has 1 rings (SSSR count). The second-order valence-corrected chi connectivity index (χ2v) is 5.23. The molecule has 1 heterocycles. The summed E-state index contributed by atoms with van der Waals surface area (Å²) in [7, 11) is -1.85. The van der Waals surface area contributed by atoms with Crippen LogP contribution in [0.25, 0.3) is 0 Å². The maximum atomic E-state index is 12.6. The number of H-pyrrole nitrogens is 1. The number of aromatic nitrogens is 2. The molecule has 0 bridgehead atoms. The molecule has 1 aromatic rings. The Morgan fingerprint density at radius 2 is 1.79 bits per heavy atom. The minimum absolute atomic E-state index is 0.523. The summed E-state index contributed by atoms with van der Waals surface area (Å²) in [6.07, 6.45) is -3.79. The number of hydrogen-bond acceptors (Lipinski definition) is 4. The van der Waals surface area contributed by atoms with Gasteiger partial charge in [0.1, 0.15) is 0 Å². The Kier molecular flexibility index (Phi) is 4.05. The Balaban J connectivity index is 2.98. The molecule has 1 aromatic heterocycles. The van der Waals surface area contributed by atoms with Gasteiger partial charge in [-0.3, -0.25) is 5.10 Å². The summed E-state index contributed by atoms with van der Waals surface area (Å²) in [4.78, 5) is 0. The summed E-state index contributed by atoms with van der Waals surface area (Å²) in [6, 6.07) is 0. The number of alkyl halides is 3. The van der Waals surface area contributed by atoms with Crippen molar-refractivity contribution in [2.75, 3.05) is 0 Å². The van der Waals surface area contributed by atoms with Crippen LogP contribution in [0, 0.1) is 0 Å². The topological polar surface area (TPSA) is 78.4 Å². The first kappa shape index (κ1) is 16.0. The Morgan fingerprint density at radius 1 is 1.26 bits per heavy atom. The minimum atomic E-state index is -4.70. The van der Waals surface area contributed by atoms with Crippen molar-refractivity contribution in [3.05, 3.63) is 11.9 Å². The Bertz CT molecular complexity index is 440. The number of nitrogens with one attached hydrogen (secondary N) is 1. The fraction of sp³-hybridized carbons (Fsp3) is 0.700. The van der Waals surface area contributed by atoms with Crippen molar-refractivity contribution in [3.63, 3.8) is 0 Å². The van der Waals surface area contributed by atoms with E-state index in [0.717, 1.165) is 6.20 Å². The molecule has 0 aromatic carbocycles. The lowest BCUT2D eigenvalue weighted by molar-refractivity contribution is -0.140. The third-order valence-electron chi connectivity index (χ3n) is 3.08. The fourth-order valence-corrected chi connectivity index (χ4v) is 1.20. The Labute approximate surface area is 108 Å². The monoisotopic (exact) mass is 280 g/mol. The van der Waals surface area contributed by atoms with Gasteiger partial charge in [-0.05, 0) is 27.7 Å². The van der Waals surface area contributed by atoms with E-state index in [2.05, 4.69) is 5.10 Å². The SMILES string of the molecule is CC(C)(O)C(C)(C)OB(O)c1c[nH]nc1C(F)(F)F. The van der Waals surface area contributed by atoms with Gasteiger partial charge in [-0.15, -0.1) is 0 Å². The molecule has 0 fully saturated rings. The Hall–Kier alpha value is -1.06. The van der Waals surface area contributed by atoms with Gasteiger partial charge in [-0.2, -0.15) is 18.3 Å². The van der Waals surface area contributed by atoms with Crippen molar-refractivity contribution < 1.29 is 28.0 Å². The molecule has 19 heavy (non-hydrogen) atoms. The summed E-state index contributed by atoms with van der Waals surface area (Å²) in [6.45, 7) is 5.78. The number of rotatable bonds is 4. The number of hydrogen-bond donors (Lipinski definition) is 3. The van der Waals surface area contributed by atoms with Crippen LogP contribution in [0.2, 0.25) is 0 Å². The van der Waals surface area contributed by atoms with Crippen LogP contribution in [0.15, 0.2) is 6.20 Å². The number of nitrogens with zero attached hydrogens (tertiary/aromatic N) is 1. The molecule has 3 N–H and O–H groups in total. The zero-order valence-electron chi connectivity index (χ0n) is 11.0. The molecule has 0 radical (unpaired) electrons. The quantitative estimate of drug-likeness (QED) is 0.709. The lowest BCUT2D eigenvalue weighted by Gasteiger charge is -2.38. The summed E-state index contributed by atoms with van der Waals surface area (Å²) < 4.78 is 43.0. The van der Waals surface area contributed by atoms with Crippen molar-refractivity contribution in [2.24, 2.45) is 0 Å². The maximum Gasteiger partial charge on any atom is 0.495 e. The fourth-order valence-electron chi connectivity index (χ4n) is 1.20. The predicted molar refractivity (Wildman–Crippen MR) is 62.7 cm³/mol. The van der Waals surface area contributed by atoms with Gasteiger partial charge in [0, 0.05) is 11.7 Å². The number of aromatic amines is 1. The summed E-state index contributed by atoms with van der Waals surface area (Å²) in [5, 5.41) is 24.7. The van der Waals surface area contributed by atoms with Crippen molar-refractivity contribution in [3.8, 4) is 0 Å². The van der Waals surface area contributed by atoms with E-state index in [-0.39, 0.29) is 0 Å². The highest BCUT2D eigenvalue weighted by atomic mass is 19.4. The zero-order valence-corrected chi connectivity index (χ0v) is 11.0. The maximum absolute atomic E-state index is 12.6. The first-order valence-electron chi connectivity index (χ1n) is 5.55. The highest BCUT2D eigenvalue weighted by Crippen LogP contribution is 2.28. The van der Waals surface area contributed by atoms with Crippen LogP contribution in [0.1, 0.15) is 33.4 Å². The first-order valence-corrected chi connectivity index (χ1v) is 5.55. The van der Waals surface area contributed by atoms with Crippen LogP contribution >= 0.6 is 0 Å². The summed E-state index contributed by atoms with van der Waals surface area (Å²) >= 11 is 0. The lowest BCUT2D eigenvalue weighted by atomic mass is 9.76. The molecular weight excluding hydrogens is 264 g/mol. The molecule has 9 heteroatoms. The van der Waals surface area contributed by atoms with E-state index >= 15 is 0 Å². The van der Waals surface area contributed by atoms with E-state index in [9.17, 15) is 23.3 Å². The molecule has 108 valence electrons. The molecule has 0 saturated heterocycles. The van der Waals surface area contributed by atoms with Crippen LogP contribution in [0.3, 0.4) is 0 Å².